The first kappa shape index (κ1) is 11.6. The van der Waals surface area contributed by atoms with Gasteiger partial charge in [-0.05, 0) is 6.07 Å². The Morgan fingerprint density at radius 1 is 1.29 bits per heavy atom. The van der Waals surface area contributed by atoms with E-state index in [0.717, 1.165) is 6.26 Å². The molecule has 17 heavy (non-hydrogen) atoms. The van der Waals surface area contributed by atoms with E-state index in [2.05, 4.69) is 15.0 Å². The average molecular weight is 252 g/mol. The lowest BCUT2D eigenvalue weighted by Gasteiger charge is -2.07. The Balaban J connectivity index is 2.48. The molecular formula is C10H12N4O2S. The summed E-state index contributed by atoms with van der Waals surface area (Å²) >= 11 is 0. The fourth-order valence-electron chi connectivity index (χ4n) is 1.47. The normalized spacial score (nSPS) is 11.4. The fraction of sp³-hybridized carbons (Fsp3) is 0.200. The van der Waals surface area contributed by atoms with Crippen LogP contribution < -0.4 is 4.72 Å². The zero-order chi connectivity index (χ0) is 12.5. The van der Waals surface area contributed by atoms with Crippen LogP contribution in [0.1, 0.15) is 0 Å². The largest absolute Gasteiger partial charge is 0.283 e. The zero-order valence-electron chi connectivity index (χ0n) is 9.45. The molecule has 7 heteroatoms. The molecule has 90 valence electrons. The van der Waals surface area contributed by atoms with E-state index in [1.54, 1.807) is 36.1 Å². The average Bonchev–Trinajstić information content (AvgIpc) is 2.63. The molecule has 1 aromatic heterocycles. The van der Waals surface area contributed by atoms with Crippen LogP contribution in [-0.4, -0.2) is 29.7 Å². The van der Waals surface area contributed by atoms with Crippen LogP contribution in [0.2, 0.25) is 0 Å². The predicted octanol–water partition coefficient (Wildman–Crippen LogP) is 0.854. The van der Waals surface area contributed by atoms with Gasteiger partial charge in [0.05, 0.1) is 18.1 Å². The van der Waals surface area contributed by atoms with E-state index in [1.165, 1.54) is 0 Å². The van der Waals surface area contributed by atoms with E-state index >= 15 is 0 Å². The number of aryl methyl sites for hydroxylation is 1. The number of nitrogens with one attached hydrogen (secondary N) is 1. The SMILES string of the molecule is Cn1cc(-c2ccccc2NS(C)(=O)=O)nn1. The lowest BCUT2D eigenvalue weighted by Crippen LogP contribution is -2.10. The minimum absolute atomic E-state index is 0.496. The topological polar surface area (TPSA) is 76.9 Å². The molecule has 0 spiro atoms. The van der Waals surface area contributed by atoms with Crippen LogP contribution in [0.3, 0.4) is 0 Å². The Kier molecular flexibility index (Phi) is 2.84. The molecule has 0 unspecified atom stereocenters. The van der Waals surface area contributed by atoms with E-state index in [4.69, 9.17) is 0 Å². The molecule has 0 aliphatic heterocycles. The molecule has 2 rings (SSSR count). The van der Waals surface area contributed by atoms with Crippen molar-refractivity contribution in [1.82, 2.24) is 15.0 Å². The molecule has 1 aromatic carbocycles. The molecule has 0 fully saturated rings. The van der Waals surface area contributed by atoms with Gasteiger partial charge in [-0.2, -0.15) is 0 Å². The molecule has 0 bridgehead atoms. The van der Waals surface area contributed by atoms with Gasteiger partial charge >= 0.3 is 0 Å². The summed E-state index contributed by atoms with van der Waals surface area (Å²) < 4.78 is 26.5. The highest BCUT2D eigenvalue weighted by Gasteiger charge is 2.10. The van der Waals surface area contributed by atoms with Crippen molar-refractivity contribution in [3.8, 4) is 11.3 Å². The van der Waals surface area contributed by atoms with Crippen LogP contribution in [0.15, 0.2) is 30.5 Å². The second-order valence-electron chi connectivity index (χ2n) is 3.70. The minimum atomic E-state index is -3.31. The number of nitrogens with zero attached hydrogens (tertiary/aromatic N) is 3. The van der Waals surface area contributed by atoms with Gasteiger partial charge in [-0.3, -0.25) is 9.40 Å². The highest BCUT2D eigenvalue weighted by molar-refractivity contribution is 7.92. The highest BCUT2D eigenvalue weighted by atomic mass is 32.2. The molecule has 1 N–H and O–H groups in total. The summed E-state index contributed by atoms with van der Waals surface area (Å²) in [6.07, 6.45) is 2.84. The van der Waals surface area contributed by atoms with Crippen molar-refractivity contribution in [2.45, 2.75) is 0 Å². The van der Waals surface area contributed by atoms with Crippen molar-refractivity contribution in [3.05, 3.63) is 30.5 Å². The second-order valence-corrected chi connectivity index (χ2v) is 5.45. The molecule has 0 saturated heterocycles. The Morgan fingerprint density at radius 2 is 2.00 bits per heavy atom. The van der Waals surface area contributed by atoms with Gasteiger partial charge in [-0.25, -0.2) is 8.42 Å². The van der Waals surface area contributed by atoms with Crippen LogP contribution >= 0.6 is 0 Å². The molecule has 0 aliphatic rings. The second kappa shape index (κ2) is 4.17. The molecule has 6 nitrogen and oxygen atoms in total. The minimum Gasteiger partial charge on any atom is -0.283 e. The maximum absolute atomic E-state index is 11.2. The summed E-state index contributed by atoms with van der Waals surface area (Å²) in [5, 5.41) is 7.77. The molecule has 1 heterocycles. The standard InChI is InChI=1S/C10H12N4O2S/c1-14-7-10(11-13-14)8-5-3-4-6-9(8)12-17(2,15)16/h3-7,12H,1-2H3. The third-order valence-corrected chi connectivity index (χ3v) is 2.69. The maximum atomic E-state index is 11.2. The number of aromatic nitrogens is 3. The predicted molar refractivity (Wildman–Crippen MR) is 64.9 cm³/mol. The Labute approximate surface area is 99.3 Å². The lowest BCUT2D eigenvalue weighted by molar-refractivity contribution is 0.607. The van der Waals surface area contributed by atoms with Crippen LogP contribution in [-0.2, 0) is 17.1 Å². The molecule has 0 amide bonds. The van der Waals surface area contributed by atoms with Crippen molar-refractivity contribution in [2.24, 2.45) is 7.05 Å². The Hall–Kier alpha value is -1.89. The number of rotatable bonds is 3. The zero-order valence-corrected chi connectivity index (χ0v) is 10.3. The van der Waals surface area contributed by atoms with Crippen molar-refractivity contribution >= 4 is 15.7 Å². The molecule has 0 aliphatic carbocycles. The van der Waals surface area contributed by atoms with Gasteiger partial charge in [0.2, 0.25) is 10.0 Å². The van der Waals surface area contributed by atoms with Crippen LogP contribution in [0, 0.1) is 0 Å². The molecule has 0 saturated carbocycles. The molecular weight excluding hydrogens is 240 g/mol. The smallest absolute Gasteiger partial charge is 0.229 e. The monoisotopic (exact) mass is 252 g/mol. The summed E-state index contributed by atoms with van der Waals surface area (Å²) in [4.78, 5) is 0. The van der Waals surface area contributed by atoms with Gasteiger partial charge in [0.25, 0.3) is 0 Å². The first-order chi connectivity index (χ1) is 7.96. The van der Waals surface area contributed by atoms with Gasteiger partial charge < -0.3 is 0 Å². The third kappa shape index (κ3) is 2.82. The maximum Gasteiger partial charge on any atom is 0.229 e. The van der Waals surface area contributed by atoms with E-state index in [-0.39, 0.29) is 0 Å². The van der Waals surface area contributed by atoms with Crippen LogP contribution in [0.4, 0.5) is 5.69 Å². The first-order valence-electron chi connectivity index (χ1n) is 4.89. The summed E-state index contributed by atoms with van der Waals surface area (Å²) in [5.41, 5.74) is 1.82. The van der Waals surface area contributed by atoms with Crippen molar-refractivity contribution < 1.29 is 8.42 Å². The lowest BCUT2D eigenvalue weighted by atomic mass is 10.1. The van der Waals surface area contributed by atoms with Crippen LogP contribution in [0.25, 0.3) is 11.3 Å². The molecule has 2 aromatic rings. The molecule has 0 atom stereocenters. The highest BCUT2D eigenvalue weighted by Crippen LogP contribution is 2.26. The van der Waals surface area contributed by atoms with Gasteiger partial charge in [0.15, 0.2) is 0 Å². The van der Waals surface area contributed by atoms with Gasteiger partial charge in [-0.15, -0.1) is 5.10 Å². The fourth-order valence-corrected chi connectivity index (χ4v) is 2.04. The van der Waals surface area contributed by atoms with Gasteiger partial charge in [0, 0.05) is 12.6 Å². The Morgan fingerprint density at radius 3 is 2.59 bits per heavy atom. The summed E-state index contributed by atoms with van der Waals surface area (Å²) in [5.74, 6) is 0. The van der Waals surface area contributed by atoms with E-state index in [1.807, 2.05) is 6.07 Å². The quantitative estimate of drug-likeness (QED) is 0.878. The Bertz CT molecular complexity index is 633. The van der Waals surface area contributed by atoms with E-state index < -0.39 is 10.0 Å². The third-order valence-electron chi connectivity index (χ3n) is 2.10. The number of hydrogen-bond donors (Lipinski definition) is 1. The number of anilines is 1. The van der Waals surface area contributed by atoms with Crippen molar-refractivity contribution in [3.63, 3.8) is 0 Å². The summed E-state index contributed by atoms with van der Waals surface area (Å²) in [6, 6.07) is 7.05. The summed E-state index contributed by atoms with van der Waals surface area (Å²) in [7, 11) is -1.55. The number of para-hydroxylation sites is 1. The molecule has 0 radical (unpaired) electrons. The van der Waals surface area contributed by atoms with Gasteiger partial charge in [-0.1, -0.05) is 23.4 Å². The van der Waals surface area contributed by atoms with E-state index in [9.17, 15) is 8.42 Å². The van der Waals surface area contributed by atoms with Crippen LogP contribution in [0.5, 0.6) is 0 Å². The van der Waals surface area contributed by atoms with Gasteiger partial charge in [0.1, 0.15) is 5.69 Å². The van der Waals surface area contributed by atoms with Crippen molar-refractivity contribution in [1.29, 1.82) is 0 Å². The van der Waals surface area contributed by atoms with E-state index in [0.29, 0.717) is 16.9 Å². The first-order valence-corrected chi connectivity index (χ1v) is 6.78. The number of hydrogen-bond acceptors (Lipinski definition) is 4. The number of benzene rings is 1. The summed E-state index contributed by atoms with van der Waals surface area (Å²) in [6.45, 7) is 0. The number of sulfonamides is 1. The van der Waals surface area contributed by atoms with Crippen molar-refractivity contribution in [2.75, 3.05) is 11.0 Å².